The minimum absolute atomic E-state index is 0.149. The van der Waals surface area contributed by atoms with Gasteiger partial charge in [-0.2, -0.15) is 0 Å². The van der Waals surface area contributed by atoms with E-state index in [1.165, 1.54) is 16.7 Å². The molecule has 1 unspecified atom stereocenters. The molecule has 6 nitrogen and oxygen atoms in total. The Morgan fingerprint density at radius 3 is 2.64 bits per heavy atom. The first-order valence-corrected chi connectivity index (χ1v) is 8.14. The number of ether oxygens (including phenoxy) is 2. The summed E-state index contributed by atoms with van der Waals surface area (Å²) in [6.07, 6.45) is 0. The zero-order valence-electron chi connectivity index (χ0n) is 12.7. The molecular formula is C15H20N2O4S. The van der Waals surface area contributed by atoms with Crippen molar-refractivity contribution in [3.05, 3.63) is 24.3 Å². The molecule has 1 aliphatic heterocycles. The highest BCUT2D eigenvalue weighted by Crippen LogP contribution is 2.18. The van der Waals surface area contributed by atoms with Crippen molar-refractivity contribution < 1.29 is 19.1 Å². The summed E-state index contributed by atoms with van der Waals surface area (Å²) in [4.78, 5) is 24.8. The zero-order chi connectivity index (χ0) is 15.9. The minimum atomic E-state index is -0.299. The van der Waals surface area contributed by atoms with Gasteiger partial charge in [-0.3, -0.25) is 9.69 Å². The highest BCUT2D eigenvalue weighted by Gasteiger charge is 2.29. The monoisotopic (exact) mass is 324 g/mol. The van der Waals surface area contributed by atoms with E-state index in [1.54, 1.807) is 7.11 Å². The Labute approximate surface area is 134 Å². The second-order valence-electron chi connectivity index (χ2n) is 4.76. The Morgan fingerprint density at radius 2 is 2.05 bits per heavy atom. The first-order valence-electron chi connectivity index (χ1n) is 7.09. The summed E-state index contributed by atoms with van der Waals surface area (Å²) in [5.41, 5.74) is 0. The fourth-order valence-corrected chi connectivity index (χ4v) is 2.83. The number of imide groups is 1. The number of hydrogen-bond donors (Lipinski definition) is 1. The highest BCUT2D eigenvalue weighted by molar-refractivity contribution is 8.00. The van der Waals surface area contributed by atoms with Gasteiger partial charge in [-0.15, -0.1) is 11.8 Å². The maximum absolute atomic E-state index is 12.1. The number of hydrogen-bond acceptors (Lipinski definition) is 5. The lowest BCUT2D eigenvalue weighted by Gasteiger charge is -2.17. The third kappa shape index (κ3) is 4.30. The van der Waals surface area contributed by atoms with Gasteiger partial charge in [0.2, 0.25) is 5.91 Å². The van der Waals surface area contributed by atoms with Crippen LogP contribution in [0.3, 0.4) is 0 Å². The molecule has 1 aromatic carbocycles. The largest absolute Gasteiger partial charge is 0.497 e. The fraction of sp³-hybridized carbons (Fsp3) is 0.467. The summed E-state index contributed by atoms with van der Waals surface area (Å²) in [5, 5.41) is 2.36. The van der Waals surface area contributed by atoms with Crippen molar-refractivity contribution in [2.45, 2.75) is 12.2 Å². The molecule has 1 aromatic rings. The van der Waals surface area contributed by atoms with E-state index in [1.807, 2.05) is 31.2 Å². The lowest BCUT2D eigenvalue weighted by Crippen LogP contribution is -2.39. The summed E-state index contributed by atoms with van der Waals surface area (Å²) in [7, 11) is 1.62. The third-order valence-corrected chi connectivity index (χ3v) is 4.35. The average Bonchev–Trinajstić information content (AvgIpc) is 2.97. The summed E-state index contributed by atoms with van der Waals surface area (Å²) in [6.45, 7) is 3.29. The van der Waals surface area contributed by atoms with E-state index in [4.69, 9.17) is 9.47 Å². The van der Waals surface area contributed by atoms with Gasteiger partial charge >= 0.3 is 6.03 Å². The van der Waals surface area contributed by atoms with Crippen LogP contribution in [0.5, 0.6) is 11.5 Å². The van der Waals surface area contributed by atoms with E-state index in [9.17, 15) is 9.59 Å². The molecule has 0 bridgehead atoms. The summed E-state index contributed by atoms with van der Waals surface area (Å²) >= 11 is 1.48. The van der Waals surface area contributed by atoms with Gasteiger partial charge in [0.25, 0.3) is 0 Å². The van der Waals surface area contributed by atoms with Crippen LogP contribution in [0.25, 0.3) is 0 Å². The Kier molecular flexibility index (Phi) is 5.94. The zero-order valence-corrected chi connectivity index (χ0v) is 13.5. The molecule has 2 rings (SSSR count). The Bertz CT molecular complexity index is 521. The molecule has 1 fully saturated rings. The van der Waals surface area contributed by atoms with Crippen molar-refractivity contribution in [2.75, 3.05) is 32.6 Å². The molecule has 0 saturated carbocycles. The van der Waals surface area contributed by atoms with E-state index in [0.29, 0.717) is 25.4 Å². The summed E-state index contributed by atoms with van der Waals surface area (Å²) in [6, 6.07) is 7.05. The standard InChI is InChI=1S/C15H20N2O4S/c1-11(14(18)17-8-7-16-15(17)19)22-10-9-21-13-5-3-12(20-2)4-6-13/h3-6,11H,7-10H2,1-2H3,(H,16,19). The number of carbonyl (C=O) groups is 2. The van der Waals surface area contributed by atoms with Gasteiger partial charge in [-0.1, -0.05) is 0 Å². The van der Waals surface area contributed by atoms with E-state index in [0.717, 1.165) is 11.5 Å². The Morgan fingerprint density at radius 1 is 1.36 bits per heavy atom. The molecule has 1 saturated heterocycles. The van der Waals surface area contributed by atoms with Crippen LogP contribution in [0.1, 0.15) is 6.92 Å². The van der Waals surface area contributed by atoms with Gasteiger partial charge in [0.05, 0.1) is 19.0 Å². The molecule has 22 heavy (non-hydrogen) atoms. The fourth-order valence-electron chi connectivity index (χ4n) is 2.03. The third-order valence-electron chi connectivity index (χ3n) is 3.25. The van der Waals surface area contributed by atoms with Crippen LogP contribution in [-0.4, -0.2) is 54.6 Å². The molecule has 0 aromatic heterocycles. The molecule has 0 radical (unpaired) electrons. The van der Waals surface area contributed by atoms with Crippen molar-refractivity contribution in [2.24, 2.45) is 0 Å². The van der Waals surface area contributed by atoms with Gasteiger partial charge in [0.15, 0.2) is 0 Å². The molecule has 1 atom stereocenters. The maximum atomic E-state index is 12.1. The van der Waals surface area contributed by atoms with Crippen LogP contribution < -0.4 is 14.8 Å². The van der Waals surface area contributed by atoms with Crippen LogP contribution in [0.2, 0.25) is 0 Å². The molecular weight excluding hydrogens is 304 g/mol. The number of benzene rings is 1. The lowest BCUT2D eigenvalue weighted by molar-refractivity contribution is -0.126. The van der Waals surface area contributed by atoms with E-state index < -0.39 is 0 Å². The van der Waals surface area contributed by atoms with Gasteiger partial charge in [0, 0.05) is 18.8 Å². The molecule has 1 heterocycles. The number of urea groups is 1. The Balaban J connectivity index is 1.69. The lowest BCUT2D eigenvalue weighted by atomic mass is 10.3. The topological polar surface area (TPSA) is 67.9 Å². The van der Waals surface area contributed by atoms with Crippen LogP contribution in [0, 0.1) is 0 Å². The molecule has 0 spiro atoms. The molecule has 7 heteroatoms. The van der Waals surface area contributed by atoms with Gasteiger partial charge in [-0.25, -0.2) is 4.79 Å². The average molecular weight is 324 g/mol. The minimum Gasteiger partial charge on any atom is -0.497 e. The number of methoxy groups -OCH3 is 1. The van der Waals surface area contributed by atoms with Crippen molar-refractivity contribution >= 4 is 23.7 Å². The molecule has 1 aliphatic rings. The first kappa shape index (κ1) is 16.5. The smallest absolute Gasteiger partial charge is 0.324 e. The number of rotatable bonds is 7. The number of thioether (sulfide) groups is 1. The summed E-state index contributed by atoms with van der Waals surface area (Å²) < 4.78 is 10.7. The van der Waals surface area contributed by atoms with Crippen LogP contribution in [-0.2, 0) is 4.79 Å². The molecule has 3 amide bonds. The maximum Gasteiger partial charge on any atom is 0.324 e. The summed E-state index contributed by atoms with van der Waals surface area (Å²) in [5.74, 6) is 2.07. The van der Waals surface area contributed by atoms with Crippen LogP contribution in [0.15, 0.2) is 24.3 Å². The molecule has 0 aliphatic carbocycles. The molecule has 120 valence electrons. The number of amides is 3. The molecule has 1 N–H and O–H groups in total. The van der Waals surface area contributed by atoms with Crippen molar-refractivity contribution in [1.29, 1.82) is 0 Å². The first-order chi connectivity index (χ1) is 10.6. The second kappa shape index (κ2) is 7.93. The van der Waals surface area contributed by atoms with Gasteiger partial charge < -0.3 is 14.8 Å². The van der Waals surface area contributed by atoms with E-state index in [2.05, 4.69) is 5.32 Å². The second-order valence-corrected chi connectivity index (χ2v) is 6.21. The highest BCUT2D eigenvalue weighted by atomic mass is 32.2. The van der Waals surface area contributed by atoms with Crippen LogP contribution >= 0.6 is 11.8 Å². The normalized spacial score (nSPS) is 15.4. The predicted molar refractivity (Wildman–Crippen MR) is 85.5 cm³/mol. The van der Waals surface area contributed by atoms with Crippen molar-refractivity contribution in [1.82, 2.24) is 10.2 Å². The number of nitrogens with one attached hydrogen (secondary N) is 1. The van der Waals surface area contributed by atoms with Crippen molar-refractivity contribution in [3.63, 3.8) is 0 Å². The van der Waals surface area contributed by atoms with E-state index in [-0.39, 0.29) is 17.2 Å². The Hall–Kier alpha value is -1.89. The quantitative estimate of drug-likeness (QED) is 0.774. The van der Waals surface area contributed by atoms with E-state index >= 15 is 0 Å². The van der Waals surface area contributed by atoms with Gasteiger partial charge in [0.1, 0.15) is 11.5 Å². The number of nitrogens with zero attached hydrogens (tertiary/aromatic N) is 1. The van der Waals surface area contributed by atoms with Gasteiger partial charge in [-0.05, 0) is 31.2 Å². The van der Waals surface area contributed by atoms with Crippen molar-refractivity contribution in [3.8, 4) is 11.5 Å². The SMILES string of the molecule is COc1ccc(OCCSC(C)C(=O)N2CCNC2=O)cc1. The number of carbonyl (C=O) groups excluding carboxylic acids is 2. The predicted octanol–water partition coefficient (Wildman–Crippen LogP) is 1.75. The van der Waals surface area contributed by atoms with Crippen LogP contribution in [0.4, 0.5) is 4.79 Å².